The van der Waals surface area contributed by atoms with Crippen molar-refractivity contribution in [1.29, 1.82) is 0 Å². The number of hydrogen-bond donors (Lipinski definition) is 3. The molecule has 124 valence electrons. The van der Waals surface area contributed by atoms with E-state index in [-0.39, 0.29) is 11.9 Å². The van der Waals surface area contributed by atoms with Crippen LogP contribution in [0.2, 0.25) is 0 Å². The number of hydrogen-bond acceptors (Lipinski definition) is 2. The lowest BCUT2D eigenvalue weighted by Crippen LogP contribution is -2.47. The summed E-state index contributed by atoms with van der Waals surface area (Å²) >= 11 is 0. The third-order valence-corrected chi connectivity index (χ3v) is 5.19. The average Bonchev–Trinajstić information content (AvgIpc) is 3.21. The number of carbonyl (C=O) groups is 1. The molecule has 0 aliphatic heterocycles. The second-order valence-corrected chi connectivity index (χ2v) is 7.16. The van der Waals surface area contributed by atoms with Crippen LogP contribution in [0.15, 0.2) is 36.7 Å². The molecule has 0 fully saturated rings. The van der Waals surface area contributed by atoms with Crippen LogP contribution in [0.5, 0.6) is 0 Å². The Morgan fingerprint density at radius 2 is 2.17 bits per heavy atom. The number of nitrogens with zero attached hydrogens (tertiary/aromatic N) is 1. The highest BCUT2D eigenvalue weighted by atomic mass is 16.2. The molecule has 0 bridgehead atoms. The van der Waals surface area contributed by atoms with Crippen LogP contribution in [0, 0.1) is 0 Å². The van der Waals surface area contributed by atoms with E-state index < -0.39 is 5.41 Å². The van der Waals surface area contributed by atoms with Gasteiger partial charge in [0.1, 0.15) is 0 Å². The van der Waals surface area contributed by atoms with Crippen molar-refractivity contribution in [3.05, 3.63) is 53.5 Å². The minimum absolute atomic E-state index is 0.0696. The van der Waals surface area contributed by atoms with E-state index in [0.717, 1.165) is 41.4 Å². The van der Waals surface area contributed by atoms with Crippen LogP contribution in [-0.4, -0.2) is 27.1 Å². The monoisotopic (exact) mass is 322 g/mol. The normalized spacial score (nSPS) is 17.7. The molecule has 5 nitrogen and oxygen atoms in total. The Hall–Kier alpha value is -2.56. The Balaban J connectivity index is 1.55. The highest BCUT2D eigenvalue weighted by molar-refractivity contribution is 5.94. The molecule has 1 aliphatic rings. The van der Waals surface area contributed by atoms with E-state index in [2.05, 4.69) is 26.6 Å². The van der Waals surface area contributed by atoms with Crippen LogP contribution in [0.1, 0.15) is 37.1 Å². The number of amides is 1. The lowest BCUT2D eigenvalue weighted by molar-refractivity contribution is -0.126. The molecule has 3 N–H and O–H groups in total. The predicted octanol–water partition coefficient (Wildman–Crippen LogP) is 2.84. The summed E-state index contributed by atoms with van der Waals surface area (Å²) in [5, 5.41) is 11.5. The van der Waals surface area contributed by atoms with Gasteiger partial charge in [-0.15, -0.1) is 0 Å². The van der Waals surface area contributed by atoms with E-state index in [0.29, 0.717) is 0 Å². The first-order chi connectivity index (χ1) is 11.6. The maximum absolute atomic E-state index is 13.0. The van der Waals surface area contributed by atoms with Crippen LogP contribution < -0.4 is 5.32 Å². The Morgan fingerprint density at radius 3 is 3.04 bits per heavy atom. The van der Waals surface area contributed by atoms with Gasteiger partial charge < -0.3 is 10.3 Å². The summed E-state index contributed by atoms with van der Waals surface area (Å²) in [6.45, 7) is 3.98. The predicted molar refractivity (Wildman–Crippen MR) is 93.9 cm³/mol. The number of para-hydroxylation sites is 1. The van der Waals surface area contributed by atoms with Crippen molar-refractivity contribution >= 4 is 16.8 Å². The van der Waals surface area contributed by atoms with E-state index in [1.165, 1.54) is 5.56 Å². The smallest absolute Gasteiger partial charge is 0.230 e. The summed E-state index contributed by atoms with van der Waals surface area (Å²) in [7, 11) is 0. The van der Waals surface area contributed by atoms with E-state index in [4.69, 9.17) is 0 Å². The van der Waals surface area contributed by atoms with Gasteiger partial charge in [0.15, 0.2) is 0 Å². The standard InChI is InChI=1S/C19H22N4O/c1-19(2,15-11-20-16-6-4-3-5-14(15)16)18(24)22-13-8-7-12-10-21-23-17(12)9-13/h3-6,10-11,13,20H,7-9H2,1-2H3,(H,21,23)(H,22,24). The highest BCUT2D eigenvalue weighted by Gasteiger charge is 2.34. The first-order valence-electron chi connectivity index (χ1n) is 8.44. The van der Waals surface area contributed by atoms with Gasteiger partial charge in [-0.2, -0.15) is 5.10 Å². The fraction of sp³-hybridized carbons (Fsp3) is 0.368. The molecular weight excluding hydrogens is 300 g/mol. The number of H-pyrrole nitrogens is 2. The second-order valence-electron chi connectivity index (χ2n) is 7.16. The van der Waals surface area contributed by atoms with Crippen LogP contribution in [0.4, 0.5) is 0 Å². The third kappa shape index (κ3) is 2.40. The van der Waals surface area contributed by atoms with Gasteiger partial charge >= 0.3 is 0 Å². The van der Waals surface area contributed by atoms with Crippen molar-refractivity contribution in [2.75, 3.05) is 0 Å². The van der Waals surface area contributed by atoms with Crippen LogP contribution in [-0.2, 0) is 23.1 Å². The van der Waals surface area contributed by atoms with Crippen LogP contribution in [0.3, 0.4) is 0 Å². The molecule has 1 unspecified atom stereocenters. The van der Waals surface area contributed by atoms with Gasteiger partial charge in [0, 0.05) is 35.3 Å². The third-order valence-electron chi connectivity index (χ3n) is 5.19. The molecule has 24 heavy (non-hydrogen) atoms. The lowest BCUT2D eigenvalue weighted by Gasteiger charge is -2.29. The Bertz CT molecular complexity index is 890. The zero-order valence-corrected chi connectivity index (χ0v) is 14.0. The molecule has 4 rings (SSSR count). The zero-order chi connectivity index (χ0) is 16.7. The molecule has 0 spiro atoms. The van der Waals surface area contributed by atoms with Gasteiger partial charge in [-0.05, 0) is 43.9 Å². The van der Waals surface area contributed by atoms with Crippen molar-refractivity contribution in [3.8, 4) is 0 Å². The van der Waals surface area contributed by atoms with E-state index >= 15 is 0 Å². The van der Waals surface area contributed by atoms with Crippen molar-refractivity contribution < 1.29 is 4.79 Å². The van der Waals surface area contributed by atoms with Crippen molar-refractivity contribution in [1.82, 2.24) is 20.5 Å². The minimum atomic E-state index is -0.589. The van der Waals surface area contributed by atoms with Gasteiger partial charge in [-0.3, -0.25) is 9.89 Å². The quantitative estimate of drug-likeness (QED) is 0.694. The molecule has 1 atom stereocenters. The van der Waals surface area contributed by atoms with Gasteiger partial charge in [-0.25, -0.2) is 0 Å². The number of aryl methyl sites for hydroxylation is 1. The van der Waals surface area contributed by atoms with E-state index in [1.807, 2.05) is 44.4 Å². The number of aromatic amines is 2. The zero-order valence-electron chi connectivity index (χ0n) is 14.0. The lowest BCUT2D eigenvalue weighted by atomic mass is 9.82. The van der Waals surface area contributed by atoms with Gasteiger partial charge in [-0.1, -0.05) is 18.2 Å². The molecule has 1 amide bonds. The summed E-state index contributed by atoms with van der Waals surface area (Å²) in [5.41, 5.74) is 3.93. The van der Waals surface area contributed by atoms with E-state index in [1.54, 1.807) is 0 Å². The fourth-order valence-electron chi connectivity index (χ4n) is 3.61. The number of nitrogens with one attached hydrogen (secondary N) is 3. The fourth-order valence-corrected chi connectivity index (χ4v) is 3.61. The molecule has 0 saturated carbocycles. The molecule has 0 radical (unpaired) electrons. The number of carbonyl (C=O) groups excluding carboxylic acids is 1. The topological polar surface area (TPSA) is 73.6 Å². The molecule has 3 aromatic rings. The van der Waals surface area contributed by atoms with Crippen molar-refractivity contribution in [2.45, 2.75) is 44.6 Å². The molecule has 2 heterocycles. The molecule has 0 saturated heterocycles. The number of fused-ring (bicyclic) bond motifs is 2. The molecule has 2 aromatic heterocycles. The summed E-state index contributed by atoms with van der Waals surface area (Å²) in [4.78, 5) is 16.2. The first kappa shape index (κ1) is 15.0. The maximum Gasteiger partial charge on any atom is 0.230 e. The van der Waals surface area contributed by atoms with Crippen LogP contribution >= 0.6 is 0 Å². The number of aromatic nitrogens is 3. The summed E-state index contributed by atoms with van der Waals surface area (Å²) in [6.07, 6.45) is 6.60. The second kappa shape index (κ2) is 5.51. The van der Waals surface area contributed by atoms with Crippen LogP contribution in [0.25, 0.3) is 10.9 Å². The van der Waals surface area contributed by atoms with Crippen molar-refractivity contribution in [2.24, 2.45) is 0 Å². The van der Waals surface area contributed by atoms with Gasteiger partial charge in [0.2, 0.25) is 5.91 Å². The largest absolute Gasteiger partial charge is 0.361 e. The maximum atomic E-state index is 13.0. The summed E-state index contributed by atoms with van der Waals surface area (Å²) < 4.78 is 0. The SMILES string of the molecule is CC(C)(C(=O)NC1CCc2cn[nH]c2C1)c1c[nH]c2ccccc12. The van der Waals surface area contributed by atoms with E-state index in [9.17, 15) is 4.79 Å². The highest BCUT2D eigenvalue weighted by Crippen LogP contribution is 2.31. The van der Waals surface area contributed by atoms with Gasteiger partial charge in [0.25, 0.3) is 0 Å². The van der Waals surface area contributed by atoms with Crippen molar-refractivity contribution in [3.63, 3.8) is 0 Å². The first-order valence-corrected chi connectivity index (χ1v) is 8.44. The molecule has 5 heteroatoms. The average molecular weight is 322 g/mol. The summed E-state index contributed by atoms with van der Waals surface area (Å²) in [6, 6.07) is 8.27. The minimum Gasteiger partial charge on any atom is -0.361 e. The van der Waals surface area contributed by atoms with Gasteiger partial charge in [0.05, 0.1) is 11.6 Å². The summed E-state index contributed by atoms with van der Waals surface area (Å²) in [5.74, 6) is 0.0696. The molecule has 1 aromatic carbocycles. The Kier molecular flexibility index (Phi) is 3.44. The Morgan fingerprint density at radius 1 is 1.33 bits per heavy atom. The number of benzene rings is 1. The Labute approximate surface area is 140 Å². The number of rotatable bonds is 3. The molecular formula is C19H22N4O. The molecule has 1 aliphatic carbocycles.